The first kappa shape index (κ1) is 16.0. The second-order valence-corrected chi connectivity index (χ2v) is 5.26. The number of esters is 2. The molecule has 1 fully saturated rings. The lowest BCUT2D eigenvalue weighted by atomic mass is 10.2. The molecule has 2 aromatic rings. The second kappa shape index (κ2) is 7.12. The van der Waals surface area contributed by atoms with Crippen LogP contribution >= 0.6 is 0 Å². The molecule has 0 N–H and O–H groups in total. The summed E-state index contributed by atoms with van der Waals surface area (Å²) < 4.78 is 28.5. The van der Waals surface area contributed by atoms with Crippen LogP contribution in [0.15, 0.2) is 48.5 Å². The van der Waals surface area contributed by atoms with Crippen molar-refractivity contribution in [1.82, 2.24) is 0 Å². The summed E-state index contributed by atoms with van der Waals surface area (Å²) in [5.41, 5.74) is 0.984. The molecule has 1 aliphatic heterocycles. The van der Waals surface area contributed by atoms with Gasteiger partial charge in [-0.2, -0.15) is 0 Å². The monoisotopic (exact) mass is 330 g/mol. The predicted molar refractivity (Wildman–Crippen MR) is 82.0 cm³/mol. The van der Waals surface area contributed by atoms with Gasteiger partial charge in [-0.15, -0.1) is 0 Å². The summed E-state index contributed by atoms with van der Waals surface area (Å²) in [5.74, 6) is -1.18. The van der Waals surface area contributed by atoms with Crippen LogP contribution in [0.25, 0.3) is 0 Å². The maximum absolute atomic E-state index is 12.9. The average molecular weight is 330 g/mol. The van der Waals surface area contributed by atoms with E-state index in [-0.39, 0.29) is 24.6 Å². The molecule has 0 aromatic heterocycles. The minimum Gasteiger partial charge on any atom is -0.488 e. The molecule has 124 valence electrons. The van der Waals surface area contributed by atoms with Crippen molar-refractivity contribution in [2.75, 3.05) is 6.61 Å². The van der Waals surface area contributed by atoms with Crippen LogP contribution in [-0.4, -0.2) is 24.6 Å². The first-order valence-electron chi connectivity index (χ1n) is 7.47. The van der Waals surface area contributed by atoms with E-state index in [1.165, 1.54) is 12.1 Å². The molecule has 0 aliphatic carbocycles. The van der Waals surface area contributed by atoms with Crippen molar-refractivity contribution < 1.29 is 28.2 Å². The largest absolute Gasteiger partial charge is 0.488 e. The number of cyclic esters (lactones) is 1. The Kier molecular flexibility index (Phi) is 4.74. The zero-order chi connectivity index (χ0) is 16.9. The lowest BCUT2D eigenvalue weighted by Crippen LogP contribution is -2.23. The quantitative estimate of drug-likeness (QED) is 0.789. The van der Waals surface area contributed by atoms with Gasteiger partial charge in [-0.1, -0.05) is 24.3 Å². The smallest absolute Gasteiger partial charge is 0.347 e. The van der Waals surface area contributed by atoms with Crippen LogP contribution in [0.4, 0.5) is 4.39 Å². The topological polar surface area (TPSA) is 61.8 Å². The molecule has 3 rings (SSSR count). The standard InChI is InChI=1S/C18H15FO5/c19-13-7-5-12(6-8-13)11-23-15-4-2-1-3-14(15)17(20)24-16-9-10-22-18(16)21/h1-8,16H,9-11H2. The highest BCUT2D eigenvalue weighted by molar-refractivity contribution is 5.94. The van der Waals surface area contributed by atoms with Gasteiger partial charge >= 0.3 is 11.9 Å². The molecule has 0 radical (unpaired) electrons. The van der Waals surface area contributed by atoms with Crippen molar-refractivity contribution in [3.05, 3.63) is 65.5 Å². The third kappa shape index (κ3) is 3.71. The normalized spacial score (nSPS) is 16.5. The average Bonchev–Trinajstić information content (AvgIpc) is 2.99. The van der Waals surface area contributed by atoms with Gasteiger partial charge in [0, 0.05) is 6.42 Å². The first-order chi connectivity index (χ1) is 11.6. The molecule has 0 saturated carbocycles. The summed E-state index contributed by atoms with van der Waals surface area (Å²) in [6.07, 6.45) is -0.522. The highest BCUT2D eigenvalue weighted by Crippen LogP contribution is 2.22. The van der Waals surface area contributed by atoms with Crippen LogP contribution in [0.1, 0.15) is 22.3 Å². The van der Waals surface area contributed by atoms with Gasteiger partial charge in [-0.05, 0) is 29.8 Å². The number of rotatable bonds is 5. The predicted octanol–water partition coefficient (Wildman–Crippen LogP) is 2.88. The first-order valence-corrected chi connectivity index (χ1v) is 7.47. The summed E-state index contributed by atoms with van der Waals surface area (Å²) in [6.45, 7) is 0.426. The van der Waals surface area contributed by atoms with Gasteiger partial charge in [0.15, 0.2) is 0 Å². The van der Waals surface area contributed by atoms with E-state index >= 15 is 0 Å². The lowest BCUT2D eigenvalue weighted by molar-refractivity contribution is -0.145. The van der Waals surface area contributed by atoms with Gasteiger partial charge in [0.25, 0.3) is 0 Å². The van der Waals surface area contributed by atoms with Gasteiger partial charge in [0.05, 0.1) is 6.61 Å². The Bertz CT molecular complexity index is 741. The molecule has 24 heavy (non-hydrogen) atoms. The Morgan fingerprint density at radius 2 is 1.92 bits per heavy atom. The zero-order valence-corrected chi connectivity index (χ0v) is 12.7. The molecule has 0 amide bonds. The Balaban J connectivity index is 1.69. The van der Waals surface area contributed by atoms with Crippen molar-refractivity contribution in [1.29, 1.82) is 0 Å². The van der Waals surface area contributed by atoms with E-state index < -0.39 is 18.0 Å². The van der Waals surface area contributed by atoms with Gasteiger partial charge in [-0.25, -0.2) is 14.0 Å². The number of ether oxygens (including phenoxy) is 3. The summed E-state index contributed by atoms with van der Waals surface area (Å²) in [7, 11) is 0. The molecule has 0 spiro atoms. The zero-order valence-electron chi connectivity index (χ0n) is 12.7. The molecule has 5 nitrogen and oxygen atoms in total. The highest BCUT2D eigenvalue weighted by atomic mass is 19.1. The fraction of sp³-hybridized carbons (Fsp3) is 0.222. The van der Waals surface area contributed by atoms with Gasteiger partial charge < -0.3 is 14.2 Å². The van der Waals surface area contributed by atoms with E-state index in [2.05, 4.69) is 0 Å². The van der Waals surface area contributed by atoms with E-state index in [4.69, 9.17) is 14.2 Å². The van der Waals surface area contributed by atoms with Crippen LogP contribution in [0, 0.1) is 5.82 Å². The highest BCUT2D eigenvalue weighted by Gasteiger charge is 2.31. The van der Waals surface area contributed by atoms with Gasteiger partial charge in [0.1, 0.15) is 23.7 Å². The summed E-state index contributed by atoms with van der Waals surface area (Å²) >= 11 is 0. The molecule has 1 saturated heterocycles. The van der Waals surface area contributed by atoms with E-state index in [0.29, 0.717) is 12.2 Å². The van der Waals surface area contributed by atoms with E-state index in [0.717, 1.165) is 5.56 Å². The second-order valence-electron chi connectivity index (χ2n) is 5.26. The van der Waals surface area contributed by atoms with Crippen molar-refractivity contribution in [3.8, 4) is 5.75 Å². The van der Waals surface area contributed by atoms with Crippen molar-refractivity contribution in [3.63, 3.8) is 0 Å². The van der Waals surface area contributed by atoms with Crippen molar-refractivity contribution in [2.45, 2.75) is 19.1 Å². The third-order valence-electron chi connectivity index (χ3n) is 3.55. The number of carbonyl (C=O) groups is 2. The van der Waals surface area contributed by atoms with E-state index in [1.54, 1.807) is 36.4 Å². The Morgan fingerprint density at radius 1 is 1.17 bits per heavy atom. The molecule has 2 aromatic carbocycles. The van der Waals surface area contributed by atoms with Crippen LogP contribution in [0.2, 0.25) is 0 Å². The molecule has 6 heteroatoms. The van der Waals surface area contributed by atoms with Crippen molar-refractivity contribution in [2.24, 2.45) is 0 Å². The molecule has 0 bridgehead atoms. The molecular weight excluding hydrogens is 315 g/mol. The maximum Gasteiger partial charge on any atom is 0.347 e. The Hall–Kier alpha value is -2.89. The molecular formula is C18H15FO5. The SMILES string of the molecule is O=C(OC1CCOC1=O)c1ccccc1OCc1ccc(F)cc1. The van der Waals surface area contributed by atoms with Gasteiger partial charge in [-0.3, -0.25) is 0 Å². The number of hydrogen-bond donors (Lipinski definition) is 0. The summed E-state index contributed by atoms with van der Waals surface area (Å²) in [4.78, 5) is 23.7. The van der Waals surface area contributed by atoms with Crippen LogP contribution < -0.4 is 4.74 Å². The van der Waals surface area contributed by atoms with Crippen molar-refractivity contribution >= 4 is 11.9 Å². The van der Waals surface area contributed by atoms with Gasteiger partial charge in [0.2, 0.25) is 6.10 Å². The number of hydrogen-bond acceptors (Lipinski definition) is 5. The minimum absolute atomic E-state index is 0.177. The number of halogens is 1. The van der Waals surface area contributed by atoms with Crippen LogP contribution in [-0.2, 0) is 20.9 Å². The molecule has 1 atom stereocenters. The maximum atomic E-state index is 12.9. The Morgan fingerprint density at radius 3 is 2.62 bits per heavy atom. The van der Waals surface area contributed by atoms with E-state index in [9.17, 15) is 14.0 Å². The third-order valence-corrected chi connectivity index (χ3v) is 3.55. The Labute approximate surface area is 138 Å². The molecule has 1 unspecified atom stereocenters. The molecule has 1 heterocycles. The summed E-state index contributed by atoms with van der Waals surface area (Å²) in [5, 5.41) is 0. The lowest BCUT2D eigenvalue weighted by Gasteiger charge is -2.13. The number of carbonyl (C=O) groups excluding carboxylic acids is 2. The molecule has 1 aliphatic rings. The number of para-hydroxylation sites is 1. The minimum atomic E-state index is -0.873. The fourth-order valence-electron chi connectivity index (χ4n) is 2.28. The van der Waals surface area contributed by atoms with Crippen LogP contribution in [0.5, 0.6) is 5.75 Å². The fourth-order valence-corrected chi connectivity index (χ4v) is 2.28. The van der Waals surface area contributed by atoms with Crippen LogP contribution in [0.3, 0.4) is 0 Å². The number of benzene rings is 2. The summed E-state index contributed by atoms with van der Waals surface area (Å²) in [6, 6.07) is 12.5. The van der Waals surface area contributed by atoms with E-state index in [1.807, 2.05) is 0 Å².